The lowest BCUT2D eigenvalue weighted by Crippen LogP contribution is -2.40. The first kappa shape index (κ1) is 23.3. The summed E-state index contributed by atoms with van der Waals surface area (Å²) in [5.41, 5.74) is 4.00. The van der Waals surface area contributed by atoms with Crippen LogP contribution in [-0.4, -0.2) is 35.0 Å². The summed E-state index contributed by atoms with van der Waals surface area (Å²) in [7, 11) is 0.119. The zero-order chi connectivity index (χ0) is 23.3. The van der Waals surface area contributed by atoms with E-state index in [0.717, 1.165) is 46.0 Å². The highest BCUT2D eigenvalue weighted by Crippen LogP contribution is 2.47. The predicted octanol–water partition coefficient (Wildman–Crippen LogP) is 5.68. The molecule has 0 aliphatic carbocycles. The Kier molecular flexibility index (Phi) is 7.01. The second-order valence-corrected chi connectivity index (χ2v) is 10.2. The molecule has 0 aliphatic heterocycles. The molecule has 172 valence electrons. The molecule has 0 saturated heterocycles. The van der Waals surface area contributed by atoms with Gasteiger partial charge in [0.25, 0.3) is 0 Å². The Labute approximate surface area is 194 Å². The number of H-pyrrole nitrogens is 1. The van der Waals surface area contributed by atoms with E-state index in [0.29, 0.717) is 5.75 Å². The third-order valence-corrected chi connectivity index (χ3v) is 6.52. The Bertz CT molecular complexity index is 1240. The number of phosphoric acid groups is 1. The molecule has 4 rings (SSSR count). The van der Waals surface area contributed by atoms with Gasteiger partial charge in [0.2, 0.25) is 0 Å². The van der Waals surface area contributed by atoms with Gasteiger partial charge in [0.1, 0.15) is 12.3 Å². The molecule has 0 saturated carbocycles. The number of hydrogen-bond donors (Lipinski definition) is 2. The largest absolute Gasteiger partial charge is 0.527 e. The molecular formula is C26H30N2O4P+. The van der Waals surface area contributed by atoms with Crippen LogP contribution in [0.25, 0.3) is 10.9 Å². The molecule has 0 spiro atoms. The van der Waals surface area contributed by atoms with Crippen molar-refractivity contribution in [2.24, 2.45) is 0 Å². The minimum atomic E-state index is -4.29. The molecule has 33 heavy (non-hydrogen) atoms. The molecule has 0 amide bonds. The van der Waals surface area contributed by atoms with Crippen LogP contribution in [0, 0.1) is 0 Å². The molecule has 0 fully saturated rings. The van der Waals surface area contributed by atoms with Gasteiger partial charge in [-0.05, 0) is 23.3 Å². The van der Waals surface area contributed by atoms with Crippen LogP contribution in [-0.2, 0) is 28.7 Å². The molecule has 1 unspecified atom stereocenters. The summed E-state index contributed by atoms with van der Waals surface area (Å²) in [5, 5.41) is 0.815. The molecule has 0 aliphatic rings. The Morgan fingerprint density at radius 1 is 0.909 bits per heavy atom. The third-order valence-electron chi connectivity index (χ3n) is 5.64. The van der Waals surface area contributed by atoms with Crippen LogP contribution in [0.1, 0.15) is 16.7 Å². The number of rotatable bonds is 10. The number of quaternary nitrogens is 1. The molecule has 1 aromatic heterocycles. The van der Waals surface area contributed by atoms with Gasteiger partial charge in [0, 0.05) is 29.1 Å². The molecule has 1 atom stereocenters. The van der Waals surface area contributed by atoms with E-state index in [4.69, 9.17) is 9.05 Å². The molecule has 0 radical (unpaired) electrons. The third kappa shape index (κ3) is 6.34. The van der Waals surface area contributed by atoms with Crippen LogP contribution in [0.4, 0.5) is 0 Å². The Balaban J connectivity index is 1.47. The van der Waals surface area contributed by atoms with E-state index >= 15 is 0 Å². The predicted molar refractivity (Wildman–Crippen MR) is 131 cm³/mol. The second-order valence-electron chi connectivity index (χ2n) is 8.86. The van der Waals surface area contributed by atoms with Gasteiger partial charge in [-0.25, -0.2) is 4.57 Å². The van der Waals surface area contributed by atoms with Crippen molar-refractivity contribution < 1.29 is 23.0 Å². The van der Waals surface area contributed by atoms with E-state index in [1.807, 2.05) is 48.7 Å². The molecular weight excluding hydrogens is 435 g/mol. The maximum absolute atomic E-state index is 12.7. The van der Waals surface area contributed by atoms with Crippen molar-refractivity contribution >= 4 is 18.7 Å². The number of nitrogens with zero attached hydrogens (tertiary/aromatic N) is 1. The van der Waals surface area contributed by atoms with E-state index in [9.17, 15) is 9.46 Å². The van der Waals surface area contributed by atoms with E-state index in [-0.39, 0.29) is 6.61 Å². The standard InChI is InChI=1S/C26H29N2O4P/c1-28(2,19-21-10-5-3-6-11-21)17-16-23-18-27-24-14-9-15-25(26(23)24)32-33(29,30)31-20-22-12-7-4-8-13-22/h3-15,18,27H,16-17,19-20H2,1-2H3/p+1. The summed E-state index contributed by atoms with van der Waals surface area (Å²) >= 11 is 0. The number of aromatic amines is 1. The summed E-state index contributed by atoms with van der Waals surface area (Å²) < 4.78 is 24.2. The highest BCUT2D eigenvalue weighted by molar-refractivity contribution is 7.47. The Hall–Kier alpha value is -2.89. The van der Waals surface area contributed by atoms with E-state index in [1.165, 1.54) is 5.56 Å². The number of hydrogen-bond acceptors (Lipinski definition) is 3. The fourth-order valence-electron chi connectivity index (χ4n) is 3.95. The lowest BCUT2D eigenvalue weighted by molar-refractivity contribution is -0.903. The van der Waals surface area contributed by atoms with Crippen molar-refractivity contribution in [1.29, 1.82) is 0 Å². The summed E-state index contributed by atoms with van der Waals surface area (Å²) in [6, 6.07) is 25.1. The molecule has 7 heteroatoms. The maximum atomic E-state index is 12.7. The SMILES string of the molecule is C[N+](C)(CCc1c[nH]c2cccc(OP(=O)(O)OCc3ccccc3)c12)Cc1ccccc1. The summed E-state index contributed by atoms with van der Waals surface area (Å²) in [5.74, 6) is 0.344. The minimum absolute atomic E-state index is 0.00422. The molecule has 4 aromatic rings. The molecule has 2 N–H and O–H groups in total. The molecule has 3 aromatic carbocycles. The lowest BCUT2D eigenvalue weighted by atomic mass is 10.1. The highest BCUT2D eigenvalue weighted by Gasteiger charge is 2.26. The summed E-state index contributed by atoms with van der Waals surface area (Å²) in [4.78, 5) is 13.6. The zero-order valence-electron chi connectivity index (χ0n) is 19.0. The van der Waals surface area contributed by atoms with E-state index in [1.54, 1.807) is 12.1 Å². The fraction of sp³-hybridized carbons (Fsp3) is 0.231. The van der Waals surface area contributed by atoms with Crippen LogP contribution in [0.5, 0.6) is 5.75 Å². The van der Waals surface area contributed by atoms with Crippen molar-refractivity contribution in [2.75, 3.05) is 20.6 Å². The van der Waals surface area contributed by atoms with Crippen molar-refractivity contribution in [3.05, 3.63) is 102 Å². The van der Waals surface area contributed by atoms with Gasteiger partial charge >= 0.3 is 7.82 Å². The number of nitrogens with one attached hydrogen (secondary N) is 1. The van der Waals surface area contributed by atoms with E-state index in [2.05, 4.69) is 43.3 Å². The maximum Gasteiger partial charge on any atom is 0.527 e. The highest BCUT2D eigenvalue weighted by atomic mass is 31.2. The van der Waals surface area contributed by atoms with Gasteiger partial charge in [-0.15, -0.1) is 0 Å². The lowest BCUT2D eigenvalue weighted by Gasteiger charge is -2.30. The van der Waals surface area contributed by atoms with Crippen molar-refractivity contribution in [1.82, 2.24) is 4.98 Å². The zero-order valence-corrected chi connectivity index (χ0v) is 19.9. The average Bonchev–Trinajstić information content (AvgIpc) is 3.22. The van der Waals surface area contributed by atoms with E-state index < -0.39 is 7.82 Å². The number of likely N-dealkylation sites (N-methyl/N-ethyl adjacent to an activating group) is 1. The van der Waals surface area contributed by atoms with Crippen LogP contribution in [0.3, 0.4) is 0 Å². The smallest absolute Gasteiger partial charge is 0.403 e. The quantitative estimate of drug-likeness (QED) is 0.233. The topological polar surface area (TPSA) is 71.6 Å². The van der Waals surface area contributed by atoms with Crippen LogP contribution in [0.15, 0.2) is 85.1 Å². The first-order chi connectivity index (χ1) is 15.8. The van der Waals surface area contributed by atoms with Crippen molar-refractivity contribution in [2.45, 2.75) is 19.6 Å². The Morgan fingerprint density at radius 2 is 1.58 bits per heavy atom. The van der Waals surface area contributed by atoms with Gasteiger partial charge in [0.15, 0.2) is 0 Å². The molecule has 0 bridgehead atoms. The first-order valence-electron chi connectivity index (χ1n) is 11.0. The molecule has 1 heterocycles. The number of aromatic nitrogens is 1. The number of fused-ring (bicyclic) bond motifs is 1. The number of phosphoric ester groups is 1. The van der Waals surface area contributed by atoms with Gasteiger partial charge in [-0.3, -0.25) is 9.42 Å². The fourth-order valence-corrected chi connectivity index (χ4v) is 4.72. The number of benzene rings is 3. The van der Waals surface area contributed by atoms with Crippen LogP contribution in [0.2, 0.25) is 0 Å². The Morgan fingerprint density at radius 3 is 2.27 bits per heavy atom. The van der Waals surface area contributed by atoms with Gasteiger partial charge in [0.05, 0.1) is 27.2 Å². The summed E-state index contributed by atoms with van der Waals surface area (Å²) in [6.45, 7) is 1.82. The molecule has 6 nitrogen and oxygen atoms in total. The monoisotopic (exact) mass is 465 g/mol. The summed E-state index contributed by atoms with van der Waals surface area (Å²) in [6.07, 6.45) is 2.74. The minimum Gasteiger partial charge on any atom is -0.403 e. The average molecular weight is 466 g/mol. The van der Waals surface area contributed by atoms with Crippen LogP contribution < -0.4 is 4.52 Å². The normalized spacial score (nSPS) is 13.7. The van der Waals surface area contributed by atoms with Crippen molar-refractivity contribution in [3.63, 3.8) is 0 Å². The first-order valence-corrected chi connectivity index (χ1v) is 12.5. The van der Waals surface area contributed by atoms with Crippen molar-refractivity contribution in [3.8, 4) is 5.75 Å². The van der Waals surface area contributed by atoms with Gasteiger partial charge in [-0.1, -0.05) is 66.7 Å². The van der Waals surface area contributed by atoms with Gasteiger partial charge < -0.3 is 14.0 Å². The second kappa shape index (κ2) is 9.94. The van der Waals surface area contributed by atoms with Crippen LogP contribution >= 0.6 is 7.82 Å². The van der Waals surface area contributed by atoms with Gasteiger partial charge in [-0.2, -0.15) is 0 Å².